The molecule has 2 radical (unpaired) electrons. The number of hydrogen-bond acceptors (Lipinski definition) is 2. The van der Waals surface area contributed by atoms with E-state index in [1.165, 1.54) is 25.9 Å². The van der Waals surface area contributed by atoms with Gasteiger partial charge in [0.2, 0.25) is 0 Å². The topological polar surface area (TPSA) is 6.48 Å². The van der Waals surface area contributed by atoms with Gasteiger partial charge in [-0.1, -0.05) is 26.2 Å². The van der Waals surface area contributed by atoms with Gasteiger partial charge < -0.3 is 8.46 Å². The summed E-state index contributed by atoms with van der Waals surface area (Å²) in [6.07, 6.45) is 2.85. The smallest absolute Gasteiger partial charge is 0.186 e. The van der Waals surface area contributed by atoms with Crippen LogP contribution in [0.3, 0.4) is 0 Å². The molecule has 0 N–H and O–H groups in total. The van der Waals surface area contributed by atoms with Gasteiger partial charge in [0.05, 0.1) is 0 Å². The summed E-state index contributed by atoms with van der Waals surface area (Å²) in [6.45, 7) is 17.7. The molecule has 1 aliphatic rings. The van der Waals surface area contributed by atoms with Crippen molar-refractivity contribution in [3.8, 4) is 0 Å². The van der Waals surface area contributed by atoms with Gasteiger partial charge in [-0.3, -0.25) is 0 Å². The summed E-state index contributed by atoms with van der Waals surface area (Å²) in [5.41, 5.74) is 0. The summed E-state index contributed by atoms with van der Waals surface area (Å²) in [4.78, 5) is 0. The first-order chi connectivity index (χ1) is 6.87. The number of nitrogens with zero attached hydrogens (tertiary/aromatic N) is 2. The van der Waals surface area contributed by atoms with Crippen LogP contribution in [0.4, 0.5) is 0 Å². The van der Waals surface area contributed by atoms with Gasteiger partial charge in [-0.15, -0.1) is 0 Å². The summed E-state index contributed by atoms with van der Waals surface area (Å²) >= 11 is 0. The second-order valence-corrected chi connectivity index (χ2v) is 15.5. The number of hydrogen-bond donors (Lipinski definition) is 0. The van der Waals surface area contributed by atoms with Gasteiger partial charge in [0.1, 0.15) is 17.9 Å². The largest absolute Gasteiger partial charge is 0.358 e. The minimum absolute atomic E-state index is 0.267. The van der Waals surface area contributed by atoms with E-state index in [9.17, 15) is 0 Å². The Bertz CT molecular complexity index is 193. The minimum atomic E-state index is -1.27. The molecule has 0 aromatic heterocycles. The average molecular weight is 259 g/mol. The molecule has 1 aliphatic heterocycles. The van der Waals surface area contributed by atoms with E-state index in [0.29, 0.717) is 0 Å². The third-order valence-corrected chi connectivity index (χ3v) is 16.8. The SMILES string of the molecule is C[Si](C)N([Si](C)C)[Si](C)(C)N1CCCC1. The fourth-order valence-corrected chi connectivity index (χ4v) is 17.8. The van der Waals surface area contributed by atoms with Crippen LogP contribution in [0.2, 0.25) is 39.3 Å². The molecule has 0 atom stereocenters. The van der Waals surface area contributed by atoms with Crippen molar-refractivity contribution in [1.29, 1.82) is 0 Å². The summed E-state index contributed by atoms with van der Waals surface area (Å²) in [5.74, 6) is 0. The third-order valence-electron chi connectivity index (χ3n) is 3.32. The van der Waals surface area contributed by atoms with Crippen LogP contribution in [0.5, 0.6) is 0 Å². The predicted octanol–water partition coefficient (Wildman–Crippen LogP) is 2.59. The van der Waals surface area contributed by atoms with E-state index >= 15 is 0 Å². The van der Waals surface area contributed by atoms with Crippen molar-refractivity contribution >= 4 is 26.3 Å². The molecule has 2 nitrogen and oxygen atoms in total. The van der Waals surface area contributed by atoms with Crippen molar-refractivity contribution in [1.82, 2.24) is 8.46 Å². The molecule has 0 bridgehead atoms. The first kappa shape index (κ1) is 13.6. The highest BCUT2D eigenvalue weighted by Gasteiger charge is 2.40. The van der Waals surface area contributed by atoms with Crippen molar-refractivity contribution < 1.29 is 0 Å². The van der Waals surface area contributed by atoms with Crippen LogP contribution >= 0.6 is 0 Å². The van der Waals surface area contributed by atoms with Crippen molar-refractivity contribution in [2.75, 3.05) is 13.1 Å². The quantitative estimate of drug-likeness (QED) is 0.715. The van der Waals surface area contributed by atoms with Gasteiger partial charge >= 0.3 is 0 Å². The molecular formula is C10H26N2Si3. The molecule has 15 heavy (non-hydrogen) atoms. The van der Waals surface area contributed by atoms with Gasteiger partial charge in [0.25, 0.3) is 0 Å². The molecule has 5 heteroatoms. The van der Waals surface area contributed by atoms with Crippen molar-refractivity contribution in [2.24, 2.45) is 0 Å². The normalized spacial score (nSPS) is 19.8. The standard InChI is InChI=1S/C10H26N2Si3/c1-13(2)12(14(3)4)15(5,6)11-9-7-8-10-11/h7-10H2,1-6H3. The number of rotatable bonds is 4. The first-order valence-electron chi connectivity index (χ1n) is 6.03. The first-order valence-corrected chi connectivity index (χ1v) is 13.8. The van der Waals surface area contributed by atoms with Crippen LogP contribution in [0.25, 0.3) is 0 Å². The van der Waals surface area contributed by atoms with E-state index in [4.69, 9.17) is 0 Å². The van der Waals surface area contributed by atoms with E-state index in [0.717, 1.165) is 0 Å². The van der Waals surface area contributed by atoms with Gasteiger partial charge in [0, 0.05) is 0 Å². The van der Waals surface area contributed by atoms with Crippen LogP contribution in [-0.2, 0) is 0 Å². The van der Waals surface area contributed by atoms with Gasteiger partial charge in [-0.2, -0.15) is 0 Å². The highest BCUT2D eigenvalue weighted by atomic mass is 28.4. The molecule has 0 spiro atoms. The molecule has 1 heterocycles. The Morgan fingerprint density at radius 2 is 1.33 bits per heavy atom. The van der Waals surface area contributed by atoms with Crippen LogP contribution in [-0.4, -0.2) is 47.9 Å². The van der Waals surface area contributed by atoms with Crippen LogP contribution in [0.15, 0.2) is 0 Å². The lowest BCUT2D eigenvalue weighted by Gasteiger charge is -2.47. The zero-order valence-corrected chi connectivity index (χ0v) is 14.2. The maximum absolute atomic E-state index is 2.97. The molecule has 0 aromatic rings. The Morgan fingerprint density at radius 1 is 0.933 bits per heavy atom. The molecule has 88 valence electrons. The van der Waals surface area contributed by atoms with E-state index in [1.54, 1.807) is 0 Å². The van der Waals surface area contributed by atoms with Crippen LogP contribution < -0.4 is 0 Å². The third kappa shape index (κ3) is 3.03. The fourth-order valence-electron chi connectivity index (χ4n) is 2.95. The Morgan fingerprint density at radius 3 is 1.67 bits per heavy atom. The van der Waals surface area contributed by atoms with Crippen molar-refractivity contribution in [3.63, 3.8) is 0 Å². The monoisotopic (exact) mass is 258 g/mol. The summed E-state index contributed by atoms with van der Waals surface area (Å²) < 4.78 is 5.79. The molecule has 0 saturated carbocycles. The summed E-state index contributed by atoms with van der Waals surface area (Å²) in [7, 11) is -1.80. The van der Waals surface area contributed by atoms with Crippen LogP contribution in [0, 0.1) is 0 Å². The maximum Gasteiger partial charge on any atom is 0.186 e. The minimum Gasteiger partial charge on any atom is -0.358 e. The molecule has 0 unspecified atom stereocenters. The van der Waals surface area contributed by atoms with Crippen molar-refractivity contribution in [2.45, 2.75) is 52.1 Å². The van der Waals surface area contributed by atoms with E-state index in [2.05, 4.69) is 47.7 Å². The maximum atomic E-state index is 2.97. The highest BCUT2D eigenvalue weighted by molar-refractivity contribution is 6.92. The molecule has 0 amide bonds. The lowest BCUT2D eigenvalue weighted by atomic mass is 10.4. The molecule has 1 fully saturated rings. The molecule has 1 saturated heterocycles. The van der Waals surface area contributed by atoms with Crippen molar-refractivity contribution in [3.05, 3.63) is 0 Å². The average Bonchev–Trinajstić information content (AvgIpc) is 2.52. The Hall–Kier alpha value is 0.571. The van der Waals surface area contributed by atoms with E-state index in [-0.39, 0.29) is 17.9 Å². The Labute approximate surface area is 100 Å². The van der Waals surface area contributed by atoms with E-state index in [1.807, 2.05) is 0 Å². The predicted molar refractivity (Wildman–Crippen MR) is 75.1 cm³/mol. The van der Waals surface area contributed by atoms with Crippen LogP contribution in [0.1, 0.15) is 12.8 Å². The molecular weight excluding hydrogens is 232 g/mol. The summed E-state index contributed by atoms with van der Waals surface area (Å²) in [5, 5.41) is 0. The Kier molecular flexibility index (Phi) is 4.79. The lowest BCUT2D eigenvalue weighted by molar-refractivity contribution is 0.493. The Balaban J connectivity index is 2.79. The fraction of sp³-hybridized carbons (Fsp3) is 1.00. The van der Waals surface area contributed by atoms with E-state index < -0.39 is 8.40 Å². The molecule has 0 aromatic carbocycles. The zero-order chi connectivity index (χ0) is 11.6. The lowest BCUT2D eigenvalue weighted by Crippen LogP contribution is -2.67. The zero-order valence-electron chi connectivity index (χ0n) is 11.2. The second kappa shape index (κ2) is 5.27. The van der Waals surface area contributed by atoms with Gasteiger partial charge in [0.15, 0.2) is 8.40 Å². The van der Waals surface area contributed by atoms with Gasteiger partial charge in [-0.05, 0) is 39.0 Å². The highest BCUT2D eigenvalue weighted by Crippen LogP contribution is 2.23. The molecule has 0 aliphatic carbocycles. The second-order valence-electron chi connectivity index (χ2n) is 5.42. The summed E-state index contributed by atoms with van der Waals surface area (Å²) in [6, 6.07) is 0. The molecule has 1 rings (SSSR count). The van der Waals surface area contributed by atoms with Gasteiger partial charge in [-0.25, -0.2) is 0 Å².